The van der Waals surface area contributed by atoms with Crippen LogP contribution in [0.25, 0.3) is 0 Å². The fourth-order valence-corrected chi connectivity index (χ4v) is 3.80. The predicted octanol–water partition coefficient (Wildman–Crippen LogP) is 3.13. The number of nitrogens with zero attached hydrogens (tertiary/aromatic N) is 1. The van der Waals surface area contributed by atoms with E-state index < -0.39 is 0 Å². The standard InChI is InChI=1S/C16H32N2/c1-13(2)16-5-4-9-18(10-7-16)12-15-6-8-17-14(3)11-15/h13-17H,4-12H2,1-3H3. The number of nitrogens with one attached hydrogen (secondary N) is 1. The largest absolute Gasteiger partial charge is 0.314 e. The van der Waals surface area contributed by atoms with E-state index in [4.69, 9.17) is 0 Å². The second kappa shape index (κ2) is 6.91. The summed E-state index contributed by atoms with van der Waals surface area (Å²) in [7, 11) is 0. The lowest BCUT2D eigenvalue weighted by Gasteiger charge is -2.32. The lowest BCUT2D eigenvalue weighted by atomic mass is 9.89. The Morgan fingerprint density at radius 1 is 1.17 bits per heavy atom. The van der Waals surface area contributed by atoms with Gasteiger partial charge in [-0.1, -0.05) is 13.8 Å². The Bertz CT molecular complexity index is 239. The van der Waals surface area contributed by atoms with E-state index in [9.17, 15) is 0 Å². The molecule has 3 unspecified atom stereocenters. The molecule has 2 fully saturated rings. The normalized spacial score (nSPS) is 35.7. The minimum absolute atomic E-state index is 0.735. The highest BCUT2D eigenvalue weighted by atomic mass is 15.1. The van der Waals surface area contributed by atoms with E-state index >= 15 is 0 Å². The molecule has 2 nitrogen and oxygen atoms in total. The Morgan fingerprint density at radius 3 is 2.72 bits per heavy atom. The van der Waals surface area contributed by atoms with Crippen LogP contribution in [0.15, 0.2) is 0 Å². The van der Waals surface area contributed by atoms with Crippen molar-refractivity contribution in [1.82, 2.24) is 10.2 Å². The molecule has 0 radical (unpaired) electrons. The van der Waals surface area contributed by atoms with E-state index in [0.29, 0.717) is 0 Å². The summed E-state index contributed by atoms with van der Waals surface area (Å²) >= 11 is 0. The third-order valence-electron chi connectivity index (χ3n) is 5.06. The first-order valence-electron chi connectivity index (χ1n) is 8.11. The first kappa shape index (κ1) is 14.3. The second-order valence-electron chi connectivity index (χ2n) is 6.98. The molecule has 18 heavy (non-hydrogen) atoms. The fourth-order valence-electron chi connectivity index (χ4n) is 3.80. The molecule has 0 aliphatic carbocycles. The summed E-state index contributed by atoms with van der Waals surface area (Å²) in [5.41, 5.74) is 0. The number of hydrogen-bond acceptors (Lipinski definition) is 2. The van der Waals surface area contributed by atoms with Crippen molar-refractivity contribution in [2.45, 2.75) is 58.9 Å². The van der Waals surface area contributed by atoms with Gasteiger partial charge in [0, 0.05) is 12.6 Å². The van der Waals surface area contributed by atoms with Crippen molar-refractivity contribution in [2.24, 2.45) is 17.8 Å². The van der Waals surface area contributed by atoms with Gasteiger partial charge in [0.2, 0.25) is 0 Å². The highest BCUT2D eigenvalue weighted by Gasteiger charge is 2.23. The zero-order valence-corrected chi connectivity index (χ0v) is 12.6. The van der Waals surface area contributed by atoms with Crippen molar-refractivity contribution < 1.29 is 0 Å². The van der Waals surface area contributed by atoms with Gasteiger partial charge in [-0.05, 0) is 76.4 Å². The molecule has 3 atom stereocenters. The minimum Gasteiger partial charge on any atom is -0.314 e. The van der Waals surface area contributed by atoms with Crippen LogP contribution in [0.1, 0.15) is 52.9 Å². The van der Waals surface area contributed by atoms with Crippen molar-refractivity contribution in [3.63, 3.8) is 0 Å². The van der Waals surface area contributed by atoms with E-state index in [0.717, 1.165) is 23.8 Å². The van der Waals surface area contributed by atoms with Crippen molar-refractivity contribution >= 4 is 0 Å². The minimum atomic E-state index is 0.735. The summed E-state index contributed by atoms with van der Waals surface area (Å²) in [6.07, 6.45) is 7.07. The van der Waals surface area contributed by atoms with Gasteiger partial charge in [-0.2, -0.15) is 0 Å². The van der Waals surface area contributed by atoms with Gasteiger partial charge in [0.15, 0.2) is 0 Å². The Hall–Kier alpha value is -0.0800. The van der Waals surface area contributed by atoms with Crippen molar-refractivity contribution in [1.29, 1.82) is 0 Å². The van der Waals surface area contributed by atoms with E-state index in [1.54, 1.807) is 0 Å². The van der Waals surface area contributed by atoms with Gasteiger partial charge in [-0.25, -0.2) is 0 Å². The van der Waals surface area contributed by atoms with Crippen LogP contribution in [-0.4, -0.2) is 37.1 Å². The summed E-state index contributed by atoms with van der Waals surface area (Å²) < 4.78 is 0. The Morgan fingerprint density at radius 2 is 2.00 bits per heavy atom. The first-order chi connectivity index (χ1) is 8.65. The molecule has 0 amide bonds. The molecule has 0 aromatic rings. The number of likely N-dealkylation sites (tertiary alicyclic amines) is 1. The van der Waals surface area contributed by atoms with Crippen LogP contribution >= 0.6 is 0 Å². The van der Waals surface area contributed by atoms with Crippen LogP contribution in [0.3, 0.4) is 0 Å². The maximum Gasteiger partial charge on any atom is 0.00418 e. The van der Waals surface area contributed by atoms with Crippen LogP contribution in [0.5, 0.6) is 0 Å². The second-order valence-corrected chi connectivity index (χ2v) is 6.98. The van der Waals surface area contributed by atoms with Gasteiger partial charge in [0.25, 0.3) is 0 Å². The molecule has 2 saturated heterocycles. The average Bonchev–Trinajstić information content (AvgIpc) is 2.55. The molecular formula is C16H32N2. The lowest BCUT2D eigenvalue weighted by Crippen LogP contribution is -2.40. The quantitative estimate of drug-likeness (QED) is 0.830. The summed E-state index contributed by atoms with van der Waals surface area (Å²) in [6.45, 7) is 12.4. The maximum atomic E-state index is 3.56. The summed E-state index contributed by atoms with van der Waals surface area (Å²) in [5.74, 6) is 2.79. The molecule has 1 N–H and O–H groups in total. The third-order valence-corrected chi connectivity index (χ3v) is 5.06. The molecule has 2 aliphatic rings. The maximum absolute atomic E-state index is 3.56. The predicted molar refractivity (Wildman–Crippen MR) is 78.8 cm³/mol. The van der Waals surface area contributed by atoms with Gasteiger partial charge in [-0.3, -0.25) is 0 Å². The average molecular weight is 252 g/mol. The van der Waals surface area contributed by atoms with Crippen LogP contribution in [0.2, 0.25) is 0 Å². The van der Waals surface area contributed by atoms with Gasteiger partial charge in [0.1, 0.15) is 0 Å². The molecule has 0 spiro atoms. The Labute approximate surface area is 114 Å². The van der Waals surface area contributed by atoms with Gasteiger partial charge >= 0.3 is 0 Å². The van der Waals surface area contributed by atoms with Crippen molar-refractivity contribution in [3.05, 3.63) is 0 Å². The molecule has 2 heteroatoms. The van der Waals surface area contributed by atoms with Gasteiger partial charge in [0.05, 0.1) is 0 Å². The molecule has 2 rings (SSSR count). The zero-order chi connectivity index (χ0) is 13.0. The summed E-state index contributed by atoms with van der Waals surface area (Å²) in [6, 6.07) is 0.735. The first-order valence-corrected chi connectivity index (χ1v) is 8.11. The summed E-state index contributed by atoms with van der Waals surface area (Å²) in [5, 5.41) is 3.56. The number of piperidine rings is 1. The third kappa shape index (κ3) is 4.24. The summed E-state index contributed by atoms with van der Waals surface area (Å²) in [4.78, 5) is 2.76. The topological polar surface area (TPSA) is 15.3 Å². The Balaban J connectivity index is 1.76. The van der Waals surface area contributed by atoms with Gasteiger partial charge < -0.3 is 10.2 Å². The zero-order valence-electron chi connectivity index (χ0n) is 12.6. The van der Waals surface area contributed by atoms with Crippen LogP contribution in [-0.2, 0) is 0 Å². The molecular weight excluding hydrogens is 220 g/mol. The van der Waals surface area contributed by atoms with Crippen molar-refractivity contribution in [3.8, 4) is 0 Å². The monoisotopic (exact) mass is 252 g/mol. The highest BCUT2D eigenvalue weighted by Crippen LogP contribution is 2.26. The number of rotatable bonds is 3. The fraction of sp³-hybridized carbons (Fsp3) is 1.00. The van der Waals surface area contributed by atoms with Gasteiger partial charge in [-0.15, -0.1) is 0 Å². The van der Waals surface area contributed by atoms with Crippen molar-refractivity contribution in [2.75, 3.05) is 26.2 Å². The molecule has 2 aliphatic heterocycles. The molecule has 0 aromatic carbocycles. The molecule has 0 aromatic heterocycles. The molecule has 0 saturated carbocycles. The van der Waals surface area contributed by atoms with Crippen LogP contribution in [0, 0.1) is 17.8 Å². The smallest absolute Gasteiger partial charge is 0.00418 e. The highest BCUT2D eigenvalue weighted by molar-refractivity contribution is 4.79. The SMILES string of the molecule is CC1CC(CN2CCCC(C(C)C)CC2)CCN1. The molecule has 2 heterocycles. The van der Waals surface area contributed by atoms with E-state index in [-0.39, 0.29) is 0 Å². The van der Waals surface area contributed by atoms with E-state index in [1.165, 1.54) is 58.3 Å². The number of hydrogen-bond donors (Lipinski definition) is 1. The van der Waals surface area contributed by atoms with Crippen LogP contribution in [0.4, 0.5) is 0 Å². The molecule has 106 valence electrons. The van der Waals surface area contributed by atoms with Crippen LogP contribution < -0.4 is 5.32 Å². The Kier molecular flexibility index (Phi) is 5.50. The van der Waals surface area contributed by atoms with E-state index in [1.807, 2.05) is 0 Å². The molecule has 0 bridgehead atoms. The lowest BCUT2D eigenvalue weighted by molar-refractivity contribution is 0.193. The van der Waals surface area contributed by atoms with E-state index in [2.05, 4.69) is 31.0 Å².